The van der Waals surface area contributed by atoms with Crippen LogP contribution in [0.1, 0.15) is 13.8 Å². The Labute approximate surface area is 110 Å². The van der Waals surface area contributed by atoms with Crippen LogP contribution in [0.2, 0.25) is 0 Å². The van der Waals surface area contributed by atoms with Crippen LogP contribution < -0.4 is 0 Å². The number of carboxylic acid groups (broad SMARTS) is 1. The second-order valence-corrected chi connectivity index (χ2v) is 5.82. The van der Waals surface area contributed by atoms with E-state index in [9.17, 15) is 9.59 Å². The van der Waals surface area contributed by atoms with E-state index in [-0.39, 0.29) is 17.9 Å². The fourth-order valence-electron chi connectivity index (χ4n) is 1.88. The molecule has 2 unspecified atom stereocenters. The number of carbonyl (C=O) groups is 2. The van der Waals surface area contributed by atoms with Crippen LogP contribution in [0.3, 0.4) is 0 Å². The summed E-state index contributed by atoms with van der Waals surface area (Å²) in [7, 11) is 0. The summed E-state index contributed by atoms with van der Waals surface area (Å²) in [6.07, 6.45) is 2.80. The van der Waals surface area contributed by atoms with Crippen molar-refractivity contribution in [2.24, 2.45) is 17.3 Å². The van der Waals surface area contributed by atoms with E-state index in [0.29, 0.717) is 0 Å². The van der Waals surface area contributed by atoms with Gasteiger partial charge >= 0.3 is 11.9 Å². The first kappa shape index (κ1) is 14.3. The Hall–Kier alpha value is -0.740. The van der Waals surface area contributed by atoms with E-state index in [4.69, 9.17) is 33.0 Å². The number of carboxylic acids is 1. The predicted molar refractivity (Wildman–Crippen MR) is 64.0 cm³/mol. The van der Waals surface area contributed by atoms with Crippen molar-refractivity contribution in [3.8, 4) is 0 Å². The van der Waals surface area contributed by atoms with Crippen LogP contribution in [0.5, 0.6) is 0 Å². The minimum Gasteiger partial charge on any atom is -0.481 e. The Morgan fingerprint density at radius 1 is 1.47 bits per heavy atom. The number of carbonyl (C=O) groups excluding carboxylic acids is 1. The Balaban J connectivity index is 2.45. The van der Waals surface area contributed by atoms with E-state index < -0.39 is 22.7 Å². The molecule has 1 aliphatic rings. The first-order chi connectivity index (χ1) is 7.76. The van der Waals surface area contributed by atoms with Gasteiger partial charge in [0.1, 0.15) is 11.4 Å². The van der Waals surface area contributed by atoms with E-state index in [1.54, 1.807) is 6.08 Å². The molecule has 1 aliphatic carbocycles. The average Bonchev–Trinajstić information content (AvgIpc) is 2.74. The SMILES string of the molecule is CC1(C)C(C=CC(=O)OCC(Cl)Cl)C1C(=O)O. The van der Waals surface area contributed by atoms with Gasteiger partial charge in [-0.2, -0.15) is 0 Å². The average molecular weight is 281 g/mol. The lowest BCUT2D eigenvalue weighted by Gasteiger charge is -2.01. The molecule has 1 saturated carbocycles. The quantitative estimate of drug-likeness (QED) is 0.477. The molecule has 0 saturated heterocycles. The number of hydrogen-bond donors (Lipinski definition) is 1. The predicted octanol–water partition coefficient (Wildman–Crippen LogP) is 2.25. The summed E-state index contributed by atoms with van der Waals surface area (Å²) in [6, 6.07) is 0. The Morgan fingerprint density at radius 3 is 2.47 bits per heavy atom. The molecule has 2 atom stereocenters. The van der Waals surface area contributed by atoms with Crippen LogP contribution in [0.25, 0.3) is 0 Å². The highest BCUT2D eigenvalue weighted by atomic mass is 35.5. The first-order valence-corrected chi connectivity index (χ1v) is 6.00. The van der Waals surface area contributed by atoms with Crippen molar-refractivity contribution in [2.45, 2.75) is 18.7 Å². The first-order valence-electron chi connectivity index (χ1n) is 5.12. The number of halogens is 2. The minimum atomic E-state index is -0.848. The lowest BCUT2D eigenvalue weighted by molar-refractivity contribution is -0.140. The fraction of sp³-hybridized carbons (Fsp3) is 0.636. The van der Waals surface area contributed by atoms with Gasteiger partial charge in [0.15, 0.2) is 0 Å². The molecule has 96 valence electrons. The Kier molecular flexibility index (Phi) is 4.44. The van der Waals surface area contributed by atoms with E-state index in [1.165, 1.54) is 6.08 Å². The Morgan fingerprint density at radius 2 is 2.06 bits per heavy atom. The molecular formula is C11H14Cl2O4. The van der Waals surface area contributed by atoms with E-state index in [1.807, 2.05) is 13.8 Å². The van der Waals surface area contributed by atoms with E-state index in [0.717, 1.165) is 0 Å². The maximum absolute atomic E-state index is 11.2. The lowest BCUT2D eigenvalue weighted by atomic mass is 10.1. The number of ether oxygens (including phenoxy) is 1. The number of rotatable bonds is 5. The minimum absolute atomic E-state index is 0.0807. The van der Waals surface area contributed by atoms with Crippen LogP contribution in [-0.4, -0.2) is 28.5 Å². The molecule has 0 aliphatic heterocycles. The zero-order valence-corrected chi connectivity index (χ0v) is 11.0. The lowest BCUT2D eigenvalue weighted by Crippen LogP contribution is -2.07. The molecule has 0 heterocycles. The van der Waals surface area contributed by atoms with Crippen molar-refractivity contribution in [1.29, 1.82) is 0 Å². The molecule has 17 heavy (non-hydrogen) atoms. The van der Waals surface area contributed by atoms with E-state index in [2.05, 4.69) is 0 Å². The van der Waals surface area contributed by atoms with Gasteiger partial charge in [-0.25, -0.2) is 4.79 Å². The summed E-state index contributed by atoms with van der Waals surface area (Å²) in [5.41, 5.74) is -0.315. The smallest absolute Gasteiger partial charge is 0.330 e. The summed E-state index contributed by atoms with van der Waals surface area (Å²) < 4.78 is 4.71. The van der Waals surface area contributed by atoms with Crippen molar-refractivity contribution >= 4 is 35.1 Å². The molecule has 0 bridgehead atoms. The van der Waals surface area contributed by atoms with Crippen molar-refractivity contribution in [3.05, 3.63) is 12.2 Å². The van der Waals surface area contributed by atoms with Gasteiger partial charge in [0.05, 0.1) is 5.92 Å². The summed E-state index contributed by atoms with van der Waals surface area (Å²) in [4.78, 5) is 21.3. The molecule has 0 aromatic rings. The van der Waals surface area contributed by atoms with Crippen molar-refractivity contribution in [2.75, 3.05) is 6.61 Å². The van der Waals surface area contributed by atoms with Gasteiger partial charge in [-0.15, -0.1) is 23.2 Å². The number of alkyl halides is 2. The molecule has 0 spiro atoms. The van der Waals surface area contributed by atoms with Crippen LogP contribution in [0.15, 0.2) is 12.2 Å². The van der Waals surface area contributed by atoms with Crippen molar-refractivity contribution in [3.63, 3.8) is 0 Å². The number of esters is 1. The van der Waals surface area contributed by atoms with Crippen molar-refractivity contribution in [1.82, 2.24) is 0 Å². The summed E-state index contributed by atoms with van der Waals surface area (Å²) in [6.45, 7) is 3.61. The second-order valence-electron chi connectivity index (χ2n) is 4.54. The fourth-order valence-corrected chi connectivity index (χ4v) is 2.01. The number of aliphatic carboxylic acids is 1. The summed E-state index contributed by atoms with van der Waals surface area (Å²) in [5, 5.41) is 8.92. The maximum atomic E-state index is 11.2. The topological polar surface area (TPSA) is 63.6 Å². The standard InChI is InChI=1S/C11H14Cl2O4/c1-11(2)6(9(11)10(15)16)3-4-8(14)17-5-7(12)13/h3-4,6-7,9H,5H2,1-2H3,(H,15,16). The van der Waals surface area contributed by atoms with Crippen LogP contribution in [-0.2, 0) is 14.3 Å². The third-order valence-electron chi connectivity index (χ3n) is 2.97. The summed E-state index contributed by atoms with van der Waals surface area (Å²) >= 11 is 10.8. The largest absolute Gasteiger partial charge is 0.481 e. The normalized spacial score (nSPS) is 26.2. The van der Waals surface area contributed by atoms with Gasteiger partial charge in [0, 0.05) is 6.08 Å². The Bertz CT molecular complexity index is 349. The van der Waals surface area contributed by atoms with Gasteiger partial charge in [0.25, 0.3) is 0 Å². The monoisotopic (exact) mass is 280 g/mol. The molecule has 1 fully saturated rings. The van der Waals surface area contributed by atoms with Gasteiger partial charge in [-0.05, 0) is 11.3 Å². The molecule has 4 nitrogen and oxygen atoms in total. The number of hydrogen-bond acceptors (Lipinski definition) is 3. The van der Waals surface area contributed by atoms with Crippen molar-refractivity contribution < 1.29 is 19.4 Å². The number of allylic oxidation sites excluding steroid dienone is 1. The van der Waals surface area contributed by atoms with Crippen LogP contribution in [0.4, 0.5) is 0 Å². The zero-order chi connectivity index (χ0) is 13.2. The van der Waals surface area contributed by atoms with Crippen LogP contribution >= 0.6 is 23.2 Å². The molecule has 0 aromatic carbocycles. The molecule has 0 amide bonds. The summed E-state index contributed by atoms with van der Waals surface area (Å²) in [5.74, 6) is -2.00. The molecule has 0 aromatic heterocycles. The highest BCUT2D eigenvalue weighted by Gasteiger charge is 2.60. The second kappa shape index (κ2) is 5.27. The third-order valence-corrected chi connectivity index (χ3v) is 3.22. The third kappa shape index (κ3) is 3.61. The molecular weight excluding hydrogens is 267 g/mol. The highest BCUT2D eigenvalue weighted by molar-refractivity contribution is 6.44. The zero-order valence-electron chi connectivity index (χ0n) is 9.52. The van der Waals surface area contributed by atoms with Gasteiger partial charge in [-0.1, -0.05) is 19.9 Å². The van der Waals surface area contributed by atoms with Gasteiger partial charge in [0.2, 0.25) is 0 Å². The molecule has 1 rings (SSSR count). The van der Waals surface area contributed by atoms with Gasteiger partial charge in [-0.3, -0.25) is 4.79 Å². The molecule has 6 heteroatoms. The highest BCUT2D eigenvalue weighted by Crippen LogP contribution is 2.58. The van der Waals surface area contributed by atoms with Crippen LogP contribution in [0, 0.1) is 17.3 Å². The van der Waals surface area contributed by atoms with Gasteiger partial charge < -0.3 is 9.84 Å². The van der Waals surface area contributed by atoms with E-state index >= 15 is 0 Å². The maximum Gasteiger partial charge on any atom is 0.330 e. The molecule has 0 radical (unpaired) electrons. The molecule has 1 N–H and O–H groups in total.